The number of nitrogens with zero attached hydrogens (tertiary/aromatic N) is 2. The van der Waals surface area contributed by atoms with E-state index in [0.29, 0.717) is 6.04 Å². The van der Waals surface area contributed by atoms with Gasteiger partial charge in [0.1, 0.15) is 0 Å². The summed E-state index contributed by atoms with van der Waals surface area (Å²) < 4.78 is 1.86. The van der Waals surface area contributed by atoms with Crippen LogP contribution >= 0.6 is 0 Å². The molecule has 1 N–H and O–H groups in total. The first-order valence-corrected chi connectivity index (χ1v) is 6.82. The Hall–Kier alpha value is -1.61. The third-order valence-electron chi connectivity index (χ3n) is 3.72. The second-order valence-electron chi connectivity index (χ2n) is 5.21. The van der Waals surface area contributed by atoms with Crippen LogP contribution in [-0.2, 0) is 13.5 Å². The van der Waals surface area contributed by atoms with Crippen LogP contribution < -0.4 is 5.32 Å². The number of aryl methyl sites for hydroxylation is 4. The number of rotatable bonds is 5. The van der Waals surface area contributed by atoms with Gasteiger partial charge in [-0.1, -0.05) is 18.2 Å². The molecular formula is C16H23N3. The number of hydrogen-bond donors (Lipinski definition) is 1. The zero-order valence-electron chi connectivity index (χ0n) is 12.3. The fourth-order valence-electron chi connectivity index (χ4n) is 2.72. The Morgan fingerprint density at radius 3 is 2.47 bits per heavy atom. The van der Waals surface area contributed by atoms with E-state index in [4.69, 9.17) is 0 Å². The van der Waals surface area contributed by atoms with Crippen molar-refractivity contribution < 1.29 is 0 Å². The Bertz CT molecular complexity index is 522. The summed E-state index contributed by atoms with van der Waals surface area (Å²) in [5.74, 6) is 0. The Morgan fingerprint density at radius 2 is 1.95 bits per heavy atom. The SMILES string of the molecule is CNC(CCc1cnn(C)c1)c1c(C)cccc1C. The van der Waals surface area contributed by atoms with Gasteiger partial charge >= 0.3 is 0 Å². The van der Waals surface area contributed by atoms with Gasteiger partial charge in [0.05, 0.1) is 6.20 Å². The van der Waals surface area contributed by atoms with Crippen LogP contribution in [0.25, 0.3) is 0 Å². The van der Waals surface area contributed by atoms with E-state index in [2.05, 4.69) is 48.7 Å². The molecule has 2 rings (SSSR count). The molecule has 1 atom stereocenters. The second kappa shape index (κ2) is 6.02. The van der Waals surface area contributed by atoms with Crippen molar-refractivity contribution in [1.82, 2.24) is 15.1 Å². The number of nitrogens with one attached hydrogen (secondary N) is 1. The summed E-state index contributed by atoms with van der Waals surface area (Å²) in [6.45, 7) is 4.38. The van der Waals surface area contributed by atoms with Crippen molar-refractivity contribution in [3.8, 4) is 0 Å². The molecule has 0 radical (unpaired) electrons. The molecule has 0 aliphatic rings. The van der Waals surface area contributed by atoms with Crippen molar-refractivity contribution in [3.63, 3.8) is 0 Å². The van der Waals surface area contributed by atoms with Gasteiger partial charge in [-0.2, -0.15) is 5.10 Å². The third-order valence-corrected chi connectivity index (χ3v) is 3.72. The van der Waals surface area contributed by atoms with E-state index >= 15 is 0 Å². The first-order chi connectivity index (χ1) is 9.11. The van der Waals surface area contributed by atoms with Crippen molar-refractivity contribution in [2.24, 2.45) is 7.05 Å². The van der Waals surface area contributed by atoms with Crippen LogP contribution in [0.15, 0.2) is 30.6 Å². The summed E-state index contributed by atoms with van der Waals surface area (Å²) in [4.78, 5) is 0. The fraction of sp³-hybridized carbons (Fsp3) is 0.438. The molecule has 0 aliphatic carbocycles. The third kappa shape index (κ3) is 3.24. The molecule has 3 heteroatoms. The zero-order valence-corrected chi connectivity index (χ0v) is 12.3. The van der Waals surface area contributed by atoms with Gasteiger partial charge in [0.2, 0.25) is 0 Å². The smallest absolute Gasteiger partial charge is 0.0521 e. The van der Waals surface area contributed by atoms with Gasteiger partial charge in [0.15, 0.2) is 0 Å². The molecule has 0 fully saturated rings. The van der Waals surface area contributed by atoms with Gasteiger partial charge in [-0.15, -0.1) is 0 Å². The average Bonchev–Trinajstić information content (AvgIpc) is 2.79. The van der Waals surface area contributed by atoms with Gasteiger partial charge in [-0.3, -0.25) is 4.68 Å². The number of hydrogen-bond acceptors (Lipinski definition) is 2. The molecule has 2 aromatic rings. The standard InChI is InChI=1S/C16H23N3/c1-12-6-5-7-13(2)16(12)15(17-3)9-8-14-10-18-19(4)11-14/h5-7,10-11,15,17H,8-9H2,1-4H3. The van der Waals surface area contributed by atoms with Gasteiger partial charge < -0.3 is 5.32 Å². The lowest BCUT2D eigenvalue weighted by atomic mass is 9.92. The van der Waals surface area contributed by atoms with Crippen LogP contribution in [-0.4, -0.2) is 16.8 Å². The summed E-state index contributed by atoms with van der Waals surface area (Å²) >= 11 is 0. The van der Waals surface area contributed by atoms with Gasteiger partial charge in [0, 0.05) is 19.3 Å². The van der Waals surface area contributed by atoms with Crippen molar-refractivity contribution in [3.05, 3.63) is 52.8 Å². The lowest BCUT2D eigenvalue weighted by molar-refractivity contribution is 0.544. The highest BCUT2D eigenvalue weighted by molar-refractivity contribution is 5.36. The fourth-order valence-corrected chi connectivity index (χ4v) is 2.72. The maximum atomic E-state index is 4.22. The topological polar surface area (TPSA) is 29.9 Å². The quantitative estimate of drug-likeness (QED) is 0.892. The van der Waals surface area contributed by atoms with Crippen molar-refractivity contribution >= 4 is 0 Å². The van der Waals surface area contributed by atoms with Crippen LogP contribution in [0, 0.1) is 13.8 Å². The van der Waals surface area contributed by atoms with Crippen molar-refractivity contribution in [1.29, 1.82) is 0 Å². The molecule has 0 bridgehead atoms. The molecule has 0 saturated heterocycles. The summed E-state index contributed by atoms with van der Waals surface area (Å²) in [6.07, 6.45) is 6.19. The molecule has 1 aromatic carbocycles. The molecule has 102 valence electrons. The molecule has 0 amide bonds. The Morgan fingerprint density at radius 1 is 1.26 bits per heavy atom. The molecule has 0 aliphatic heterocycles. The van der Waals surface area contributed by atoms with Gasteiger partial charge in [-0.05, 0) is 56.0 Å². The minimum Gasteiger partial charge on any atom is -0.313 e. The molecule has 19 heavy (non-hydrogen) atoms. The Kier molecular flexibility index (Phi) is 4.38. The van der Waals surface area contributed by atoms with E-state index in [0.717, 1.165) is 12.8 Å². The predicted molar refractivity (Wildman–Crippen MR) is 79.2 cm³/mol. The Balaban J connectivity index is 2.12. The first-order valence-electron chi connectivity index (χ1n) is 6.82. The van der Waals surface area contributed by atoms with E-state index in [-0.39, 0.29) is 0 Å². The molecule has 1 aromatic heterocycles. The molecule has 3 nitrogen and oxygen atoms in total. The highest BCUT2D eigenvalue weighted by atomic mass is 15.2. The molecule has 1 heterocycles. The summed E-state index contributed by atoms with van der Waals surface area (Å²) in [5, 5.41) is 7.67. The normalized spacial score (nSPS) is 12.6. The van der Waals surface area contributed by atoms with Crippen LogP contribution in [0.1, 0.15) is 34.7 Å². The largest absolute Gasteiger partial charge is 0.313 e. The second-order valence-corrected chi connectivity index (χ2v) is 5.21. The highest BCUT2D eigenvalue weighted by Crippen LogP contribution is 2.25. The van der Waals surface area contributed by atoms with Gasteiger partial charge in [-0.25, -0.2) is 0 Å². The van der Waals surface area contributed by atoms with E-state index in [1.807, 2.05) is 25.0 Å². The average molecular weight is 257 g/mol. The van der Waals surface area contributed by atoms with Crippen molar-refractivity contribution in [2.75, 3.05) is 7.05 Å². The predicted octanol–water partition coefficient (Wildman–Crippen LogP) is 2.93. The molecular weight excluding hydrogens is 234 g/mol. The lowest BCUT2D eigenvalue weighted by Crippen LogP contribution is -2.19. The van der Waals surface area contributed by atoms with E-state index < -0.39 is 0 Å². The molecule has 0 spiro atoms. The van der Waals surface area contributed by atoms with E-state index in [1.165, 1.54) is 22.3 Å². The number of benzene rings is 1. The zero-order chi connectivity index (χ0) is 13.8. The molecule has 0 saturated carbocycles. The van der Waals surface area contributed by atoms with Crippen LogP contribution in [0.2, 0.25) is 0 Å². The first kappa shape index (κ1) is 13.8. The van der Waals surface area contributed by atoms with E-state index in [1.54, 1.807) is 0 Å². The van der Waals surface area contributed by atoms with Crippen LogP contribution in [0.5, 0.6) is 0 Å². The highest BCUT2D eigenvalue weighted by Gasteiger charge is 2.14. The monoisotopic (exact) mass is 257 g/mol. The van der Waals surface area contributed by atoms with Crippen molar-refractivity contribution in [2.45, 2.75) is 32.7 Å². The lowest BCUT2D eigenvalue weighted by Gasteiger charge is -2.21. The summed E-state index contributed by atoms with van der Waals surface area (Å²) in [6, 6.07) is 6.91. The Labute approximate surface area is 115 Å². The maximum Gasteiger partial charge on any atom is 0.0521 e. The maximum absolute atomic E-state index is 4.22. The summed E-state index contributed by atoms with van der Waals surface area (Å²) in [5.41, 5.74) is 5.47. The van der Waals surface area contributed by atoms with E-state index in [9.17, 15) is 0 Å². The summed E-state index contributed by atoms with van der Waals surface area (Å²) in [7, 11) is 4.00. The minimum atomic E-state index is 0.404. The van der Waals surface area contributed by atoms with Crippen LogP contribution in [0.3, 0.4) is 0 Å². The van der Waals surface area contributed by atoms with Crippen LogP contribution in [0.4, 0.5) is 0 Å². The number of aromatic nitrogens is 2. The molecule has 1 unspecified atom stereocenters. The minimum absolute atomic E-state index is 0.404. The van der Waals surface area contributed by atoms with Gasteiger partial charge in [0.25, 0.3) is 0 Å².